The van der Waals surface area contributed by atoms with Crippen LogP contribution in [-0.2, 0) is 9.59 Å². The molecule has 0 spiro atoms. The van der Waals surface area contributed by atoms with Crippen molar-refractivity contribution in [3.8, 4) is 0 Å². The lowest BCUT2D eigenvalue weighted by Crippen LogP contribution is -2.25. The predicted octanol–water partition coefficient (Wildman–Crippen LogP) is 1.66. The van der Waals surface area contributed by atoms with Gasteiger partial charge in [-0.15, -0.1) is 12.4 Å². The maximum atomic E-state index is 12.2. The summed E-state index contributed by atoms with van der Waals surface area (Å²) in [5.74, 6) is -0.321. The molecule has 0 saturated carbocycles. The van der Waals surface area contributed by atoms with E-state index in [0.29, 0.717) is 11.4 Å². The van der Waals surface area contributed by atoms with E-state index >= 15 is 0 Å². The first-order valence-electron chi connectivity index (χ1n) is 6.94. The van der Waals surface area contributed by atoms with Crippen LogP contribution in [0, 0.1) is 0 Å². The smallest absolute Gasteiger partial charge is 0.248 e. The highest BCUT2D eigenvalue weighted by Crippen LogP contribution is 2.16. The van der Waals surface area contributed by atoms with Crippen molar-refractivity contribution in [1.29, 1.82) is 0 Å². The number of likely N-dealkylation sites (N-methyl/N-ethyl adjacent to an activating group) is 1. The first-order valence-corrected chi connectivity index (χ1v) is 6.94. The first kappa shape index (κ1) is 18.7. The van der Waals surface area contributed by atoms with Crippen molar-refractivity contribution in [3.05, 3.63) is 42.7 Å². The van der Waals surface area contributed by atoms with Crippen LogP contribution in [0.1, 0.15) is 13.0 Å². The van der Waals surface area contributed by atoms with Gasteiger partial charge in [0.05, 0.1) is 6.54 Å². The molecule has 1 unspecified atom stereocenters. The third kappa shape index (κ3) is 5.39. The molecule has 0 radical (unpaired) electrons. The largest absolute Gasteiger partial charge is 0.325 e. The minimum absolute atomic E-state index is 0. The fourth-order valence-electron chi connectivity index (χ4n) is 1.92. The lowest BCUT2D eigenvalue weighted by Gasteiger charge is -2.13. The highest BCUT2D eigenvalue weighted by Gasteiger charge is 2.15. The van der Waals surface area contributed by atoms with Gasteiger partial charge in [-0.3, -0.25) is 14.3 Å². The number of carbonyl (C=O) groups is 2. The zero-order valence-corrected chi connectivity index (χ0v) is 13.8. The molecule has 2 rings (SSSR count). The van der Waals surface area contributed by atoms with Gasteiger partial charge in [0, 0.05) is 23.8 Å². The molecule has 0 aliphatic carbocycles. The Balaban J connectivity index is 0.00000264. The van der Waals surface area contributed by atoms with Crippen LogP contribution >= 0.6 is 12.4 Å². The van der Waals surface area contributed by atoms with Crippen LogP contribution in [0.2, 0.25) is 0 Å². The molecule has 0 aliphatic rings. The van der Waals surface area contributed by atoms with Crippen LogP contribution in [0.3, 0.4) is 0 Å². The Morgan fingerprint density at radius 1 is 1.22 bits per heavy atom. The highest BCUT2D eigenvalue weighted by atomic mass is 35.5. The minimum Gasteiger partial charge on any atom is -0.325 e. The Bertz CT molecular complexity index is 645. The second-order valence-electron chi connectivity index (χ2n) is 4.81. The molecule has 2 amide bonds. The van der Waals surface area contributed by atoms with Crippen molar-refractivity contribution in [3.63, 3.8) is 0 Å². The molecule has 0 bridgehead atoms. The molecule has 0 fully saturated rings. The van der Waals surface area contributed by atoms with Gasteiger partial charge in [-0.2, -0.15) is 5.10 Å². The Morgan fingerprint density at radius 2 is 1.91 bits per heavy atom. The van der Waals surface area contributed by atoms with Gasteiger partial charge in [0.25, 0.3) is 0 Å². The standard InChI is InChI=1S/C15H19N5O2.ClH/c1-11(20-8-4-7-17-20)15(22)19-13-6-3-5-12(9-13)18-14(21)10-16-2;/h3-9,11,16H,10H2,1-2H3,(H,18,21)(H,19,22);1H. The molecular weight excluding hydrogens is 318 g/mol. The van der Waals surface area contributed by atoms with Crippen molar-refractivity contribution >= 4 is 35.6 Å². The van der Waals surface area contributed by atoms with E-state index in [2.05, 4.69) is 21.0 Å². The lowest BCUT2D eigenvalue weighted by atomic mass is 10.2. The van der Waals surface area contributed by atoms with Crippen LogP contribution in [-0.4, -0.2) is 35.2 Å². The van der Waals surface area contributed by atoms with E-state index in [1.165, 1.54) is 0 Å². The van der Waals surface area contributed by atoms with Crippen molar-refractivity contribution in [2.75, 3.05) is 24.2 Å². The molecule has 2 aromatic rings. The monoisotopic (exact) mass is 337 g/mol. The quantitative estimate of drug-likeness (QED) is 0.748. The van der Waals surface area contributed by atoms with Crippen LogP contribution in [0.25, 0.3) is 0 Å². The summed E-state index contributed by atoms with van der Waals surface area (Å²) in [6.45, 7) is 1.99. The van der Waals surface area contributed by atoms with E-state index in [4.69, 9.17) is 0 Å². The average Bonchev–Trinajstić information content (AvgIpc) is 3.01. The number of aromatic nitrogens is 2. The predicted molar refractivity (Wildman–Crippen MR) is 91.8 cm³/mol. The van der Waals surface area contributed by atoms with Gasteiger partial charge in [0.2, 0.25) is 11.8 Å². The fourth-order valence-corrected chi connectivity index (χ4v) is 1.92. The van der Waals surface area contributed by atoms with Gasteiger partial charge >= 0.3 is 0 Å². The second-order valence-corrected chi connectivity index (χ2v) is 4.81. The molecule has 0 aliphatic heterocycles. The zero-order valence-electron chi connectivity index (χ0n) is 12.9. The topological polar surface area (TPSA) is 88.0 Å². The molecule has 1 aromatic carbocycles. The Hall–Kier alpha value is -2.38. The van der Waals surface area contributed by atoms with Gasteiger partial charge in [0.1, 0.15) is 6.04 Å². The number of benzene rings is 1. The van der Waals surface area contributed by atoms with Crippen molar-refractivity contribution in [1.82, 2.24) is 15.1 Å². The van der Waals surface area contributed by atoms with Gasteiger partial charge < -0.3 is 16.0 Å². The molecular formula is C15H20ClN5O2. The number of halogens is 1. The van der Waals surface area contributed by atoms with Crippen molar-refractivity contribution in [2.24, 2.45) is 0 Å². The molecule has 1 aromatic heterocycles. The third-order valence-corrected chi connectivity index (χ3v) is 3.05. The number of amides is 2. The number of hydrogen-bond acceptors (Lipinski definition) is 4. The number of nitrogens with zero attached hydrogens (tertiary/aromatic N) is 2. The number of nitrogens with one attached hydrogen (secondary N) is 3. The average molecular weight is 338 g/mol. The van der Waals surface area contributed by atoms with Gasteiger partial charge in [-0.05, 0) is 38.2 Å². The van der Waals surface area contributed by atoms with Gasteiger partial charge in [-0.1, -0.05) is 6.07 Å². The minimum atomic E-state index is -0.419. The van der Waals surface area contributed by atoms with Crippen molar-refractivity contribution < 1.29 is 9.59 Å². The van der Waals surface area contributed by atoms with Crippen molar-refractivity contribution in [2.45, 2.75) is 13.0 Å². The molecule has 23 heavy (non-hydrogen) atoms. The summed E-state index contributed by atoms with van der Waals surface area (Å²) in [6.07, 6.45) is 3.36. The Morgan fingerprint density at radius 3 is 2.52 bits per heavy atom. The molecule has 8 heteroatoms. The normalized spacial score (nSPS) is 11.2. The summed E-state index contributed by atoms with van der Waals surface area (Å²) >= 11 is 0. The summed E-state index contributed by atoms with van der Waals surface area (Å²) in [6, 6.07) is 8.35. The summed E-state index contributed by atoms with van der Waals surface area (Å²) in [4.78, 5) is 23.7. The van der Waals surface area contributed by atoms with E-state index in [1.54, 1.807) is 61.4 Å². The summed E-state index contributed by atoms with van der Waals surface area (Å²) < 4.78 is 1.58. The van der Waals surface area contributed by atoms with E-state index in [1.807, 2.05) is 0 Å². The summed E-state index contributed by atoms with van der Waals surface area (Å²) in [5.41, 5.74) is 1.25. The number of hydrogen-bond donors (Lipinski definition) is 3. The summed E-state index contributed by atoms with van der Waals surface area (Å²) in [5, 5.41) is 12.4. The molecule has 1 atom stereocenters. The third-order valence-electron chi connectivity index (χ3n) is 3.05. The van der Waals surface area contributed by atoms with Crippen LogP contribution in [0.15, 0.2) is 42.7 Å². The van der Waals surface area contributed by atoms with Crippen LogP contribution in [0.5, 0.6) is 0 Å². The van der Waals surface area contributed by atoms with E-state index < -0.39 is 6.04 Å². The highest BCUT2D eigenvalue weighted by molar-refractivity contribution is 5.96. The first-order chi connectivity index (χ1) is 10.6. The second kappa shape index (κ2) is 8.92. The Labute approximate surface area is 140 Å². The van der Waals surface area contributed by atoms with E-state index in [-0.39, 0.29) is 30.8 Å². The number of carbonyl (C=O) groups excluding carboxylic acids is 2. The molecule has 7 nitrogen and oxygen atoms in total. The summed E-state index contributed by atoms with van der Waals surface area (Å²) in [7, 11) is 1.70. The molecule has 124 valence electrons. The Kier molecular flexibility index (Phi) is 7.24. The molecule has 0 saturated heterocycles. The number of anilines is 2. The molecule has 1 heterocycles. The number of rotatable bonds is 6. The zero-order chi connectivity index (χ0) is 15.9. The SMILES string of the molecule is CNCC(=O)Nc1cccc(NC(=O)C(C)n2cccn2)c1.Cl. The van der Waals surface area contributed by atoms with E-state index in [9.17, 15) is 9.59 Å². The maximum Gasteiger partial charge on any atom is 0.248 e. The van der Waals surface area contributed by atoms with Crippen LogP contribution in [0.4, 0.5) is 11.4 Å². The fraction of sp³-hybridized carbons (Fsp3) is 0.267. The molecule has 3 N–H and O–H groups in total. The van der Waals surface area contributed by atoms with Gasteiger partial charge in [-0.25, -0.2) is 0 Å². The van der Waals surface area contributed by atoms with Crippen LogP contribution < -0.4 is 16.0 Å². The maximum absolute atomic E-state index is 12.2. The van der Waals surface area contributed by atoms with Gasteiger partial charge in [0.15, 0.2) is 0 Å². The van der Waals surface area contributed by atoms with E-state index in [0.717, 1.165) is 0 Å². The lowest BCUT2D eigenvalue weighted by molar-refractivity contribution is -0.119.